The summed E-state index contributed by atoms with van der Waals surface area (Å²) in [4.78, 5) is 34.5. The molecule has 2 amide bonds. The third-order valence-corrected chi connectivity index (χ3v) is 6.16. The molecule has 1 atom stereocenters. The lowest BCUT2D eigenvalue weighted by Crippen LogP contribution is -2.50. The summed E-state index contributed by atoms with van der Waals surface area (Å²) in [5, 5.41) is 0. The van der Waals surface area contributed by atoms with Crippen LogP contribution in [0, 0.1) is 12.3 Å². The van der Waals surface area contributed by atoms with Crippen molar-refractivity contribution in [1.82, 2.24) is 19.4 Å². The fourth-order valence-corrected chi connectivity index (χ4v) is 4.73. The highest BCUT2D eigenvalue weighted by atomic mass is 16.2. The molecule has 2 aliphatic heterocycles. The van der Waals surface area contributed by atoms with Gasteiger partial charge in [-0.25, -0.2) is 4.98 Å². The molecule has 1 spiro atoms. The maximum absolute atomic E-state index is 13.0. The predicted molar refractivity (Wildman–Crippen MR) is 104 cm³/mol. The van der Waals surface area contributed by atoms with E-state index >= 15 is 0 Å². The van der Waals surface area contributed by atoms with E-state index in [9.17, 15) is 9.59 Å². The molecule has 0 N–H and O–H groups in total. The summed E-state index contributed by atoms with van der Waals surface area (Å²) in [5.74, 6) is 1.19. The van der Waals surface area contributed by atoms with Gasteiger partial charge in [0.2, 0.25) is 11.8 Å². The van der Waals surface area contributed by atoms with E-state index in [0.717, 1.165) is 55.6 Å². The molecule has 0 radical (unpaired) electrons. The van der Waals surface area contributed by atoms with Crippen molar-refractivity contribution in [1.29, 1.82) is 0 Å². The number of amides is 2. The van der Waals surface area contributed by atoms with Crippen molar-refractivity contribution in [3.05, 3.63) is 30.1 Å². The third-order valence-electron chi connectivity index (χ3n) is 6.16. The van der Waals surface area contributed by atoms with Gasteiger partial charge in [-0.05, 0) is 44.7 Å². The van der Waals surface area contributed by atoms with Gasteiger partial charge in [0.25, 0.3) is 0 Å². The van der Waals surface area contributed by atoms with E-state index < -0.39 is 0 Å². The van der Waals surface area contributed by atoms with Crippen molar-refractivity contribution >= 4 is 22.8 Å². The molecule has 6 heteroatoms. The van der Waals surface area contributed by atoms with Crippen LogP contribution in [0.5, 0.6) is 0 Å². The maximum Gasteiger partial charge on any atom is 0.242 e. The smallest absolute Gasteiger partial charge is 0.242 e. The van der Waals surface area contributed by atoms with Crippen molar-refractivity contribution in [2.75, 3.05) is 26.2 Å². The van der Waals surface area contributed by atoms with Gasteiger partial charge in [0.15, 0.2) is 0 Å². The van der Waals surface area contributed by atoms with E-state index in [1.807, 2.05) is 45.6 Å². The Balaban J connectivity index is 1.49. The summed E-state index contributed by atoms with van der Waals surface area (Å²) in [6.07, 6.45) is 3.72. The van der Waals surface area contributed by atoms with Gasteiger partial charge in [0, 0.05) is 26.2 Å². The zero-order chi connectivity index (χ0) is 19.0. The fourth-order valence-electron chi connectivity index (χ4n) is 4.73. The number of imidazole rings is 1. The van der Waals surface area contributed by atoms with Crippen LogP contribution in [-0.2, 0) is 16.1 Å². The molecule has 1 unspecified atom stereocenters. The molecule has 27 heavy (non-hydrogen) atoms. The second-order valence-electron chi connectivity index (χ2n) is 7.98. The molecule has 0 aliphatic carbocycles. The molecule has 6 nitrogen and oxygen atoms in total. The molecule has 144 valence electrons. The SMILES string of the molecule is CCCN1CCCC2(CCN(C(=O)Cn3c(C)nc4ccccc43)C2)C1=O. The van der Waals surface area contributed by atoms with Crippen LogP contribution in [-0.4, -0.2) is 57.3 Å². The summed E-state index contributed by atoms with van der Waals surface area (Å²) in [7, 11) is 0. The second kappa shape index (κ2) is 6.98. The quantitative estimate of drug-likeness (QED) is 0.833. The van der Waals surface area contributed by atoms with Gasteiger partial charge in [-0.3, -0.25) is 9.59 Å². The van der Waals surface area contributed by atoms with Gasteiger partial charge in [-0.1, -0.05) is 19.1 Å². The lowest BCUT2D eigenvalue weighted by atomic mass is 9.78. The van der Waals surface area contributed by atoms with E-state index in [-0.39, 0.29) is 23.8 Å². The standard InChI is InChI=1S/C21H28N4O2/c1-3-11-23-12-6-9-21(20(23)27)10-13-24(15-21)19(26)14-25-16(2)22-17-7-4-5-8-18(17)25/h4-5,7-8H,3,6,9-15H2,1-2H3. The van der Waals surface area contributed by atoms with Crippen molar-refractivity contribution in [2.45, 2.75) is 46.1 Å². The largest absolute Gasteiger partial charge is 0.342 e. The number of likely N-dealkylation sites (tertiary alicyclic amines) is 2. The van der Waals surface area contributed by atoms with Crippen LogP contribution in [0.15, 0.2) is 24.3 Å². The zero-order valence-electron chi connectivity index (χ0n) is 16.3. The highest BCUT2D eigenvalue weighted by Crippen LogP contribution is 2.40. The second-order valence-corrected chi connectivity index (χ2v) is 7.98. The highest BCUT2D eigenvalue weighted by molar-refractivity contribution is 5.86. The number of aromatic nitrogens is 2. The Morgan fingerprint density at radius 3 is 2.85 bits per heavy atom. The Morgan fingerprint density at radius 1 is 1.22 bits per heavy atom. The number of carbonyl (C=O) groups excluding carboxylic acids is 2. The number of para-hydroxylation sites is 2. The van der Waals surface area contributed by atoms with Gasteiger partial charge in [0.1, 0.15) is 12.4 Å². The number of piperidine rings is 1. The minimum atomic E-state index is -0.352. The molecule has 1 aromatic carbocycles. The first-order valence-corrected chi connectivity index (χ1v) is 10.0. The van der Waals surface area contributed by atoms with Gasteiger partial charge in [-0.2, -0.15) is 0 Å². The van der Waals surface area contributed by atoms with Crippen molar-refractivity contribution in [2.24, 2.45) is 5.41 Å². The first-order valence-electron chi connectivity index (χ1n) is 10.0. The average Bonchev–Trinajstić information content (AvgIpc) is 3.22. The number of hydrogen-bond donors (Lipinski definition) is 0. The number of fused-ring (bicyclic) bond motifs is 1. The number of rotatable bonds is 4. The molecule has 2 aromatic rings. The lowest BCUT2D eigenvalue weighted by molar-refractivity contribution is -0.146. The molecular formula is C21H28N4O2. The molecule has 0 saturated carbocycles. The Hall–Kier alpha value is -2.37. The Labute approximate surface area is 160 Å². The van der Waals surface area contributed by atoms with Crippen LogP contribution in [0.3, 0.4) is 0 Å². The van der Waals surface area contributed by atoms with Crippen LogP contribution in [0.25, 0.3) is 11.0 Å². The molecule has 2 fully saturated rings. The van der Waals surface area contributed by atoms with Crippen LogP contribution in [0.4, 0.5) is 0 Å². The van der Waals surface area contributed by atoms with Crippen LogP contribution in [0.2, 0.25) is 0 Å². The van der Waals surface area contributed by atoms with E-state index in [1.54, 1.807) is 0 Å². The van der Waals surface area contributed by atoms with E-state index in [2.05, 4.69) is 11.9 Å². The topological polar surface area (TPSA) is 58.4 Å². The third kappa shape index (κ3) is 3.11. The Kier molecular flexibility index (Phi) is 4.66. The monoisotopic (exact) mass is 368 g/mol. The van der Waals surface area contributed by atoms with Crippen LogP contribution < -0.4 is 0 Å². The minimum absolute atomic E-state index is 0.0820. The zero-order valence-corrected chi connectivity index (χ0v) is 16.3. The minimum Gasteiger partial charge on any atom is -0.342 e. The first-order chi connectivity index (χ1) is 13.0. The van der Waals surface area contributed by atoms with Gasteiger partial charge in [-0.15, -0.1) is 0 Å². The summed E-state index contributed by atoms with van der Waals surface area (Å²) >= 11 is 0. The van der Waals surface area contributed by atoms with Gasteiger partial charge < -0.3 is 14.4 Å². The molecule has 3 heterocycles. The Morgan fingerprint density at radius 2 is 2.04 bits per heavy atom. The van der Waals surface area contributed by atoms with Crippen LogP contribution in [0.1, 0.15) is 38.4 Å². The predicted octanol–water partition coefficient (Wildman–Crippen LogP) is 2.60. The van der Waals surface area contributed by atoms with Gasteiger partial charge >= 0.3 is 0 Å². The maximum atomic E-state index is 13.0. The first kappa shape index (κ1) is 18.0. The number of aryl methyl sites for hydroxylation is 1. The molecule has 4 rings (SSSR count). The molecular weight excluding hydrogens is 340 g/mol. The van der Waals surface area contributed by atoms with Crippen molar-refractivity contribution < 1.29 is 9.59 Å². The van der Waals surface area contributed by atoms with E-state index in [4.69, 9.17) is 0 Å². The highest BCUT2D eigenvalue weighted by Gasteiger charge is 2.49. The number of carbonyl (C=O) groups is 2. The summed E-state index contributed by atoms with van der Waals surface area (Å²) in [6, 6.07) is 7.90. The summed E-state index contributed by atoms with van der Waals surface area (Å²) < 4.78 is 1.98. The molecule has 2 aliphatic rings. The van der Waals surface area contributed by atoms with E-state index in [1.165, 1.54) is 0 Å². The fraction of sp³-hybridized carbons (Fsp3) is 0.571. The number of nitrogens with zero attached hydrogens (tertiary/aromatic N) is 4. The van der Waals surface area contributed by atoms with Crippen molar-refractivity contribution in [3.63, 3.8) is 0 Å². The number of benzene rings is 1. The van der Waals surface area contributed by atoms with Gasteiger partial charge in [0.05, 0.1) is 16.4 Å². The molecule has 2 saturated heterocycles. The molecule has 1 aromatic heterocycles. The lowest BCUT2D eigenvalue weighted by Gasteiger charge is -2.39. The van der Waals surface area contributed by atoms with E-state index in [0.29, 0.717) is 13.1 Å². The normalized spacial score (nSPS) is 23.0. The number of hydrogen-bond acceptors (Lipinski definition) is 3. The Bertz CT molecular complexity index is 872. The molecule has 0 bridgehead atoms. The average molecular weight is 368 g/mol. The summed E-state index contributed by atoms with van der Waals surface area (Å²) in [6.45, 7) is 7.27. The van der Waals surface area contributed by atoms with Crippen molar-refractivity contribution in [3.8, 4) is 0 Å². The van der Waals surface area contributed by atoms with Crippen LogP contribution >= 0.6 is 0 Å². The summed E-state index contributed by atoms with van der Waals surface area (Å²) in [5.41, 5.74) is 1.55.